The van der Waals surface area contributed by atoms with E-state index < -0.39 is 11.6 Å². The molecule has 1 fully saturated rings. The molecule has 0 spiro atoms. The van der Waals surface area contributed by atoms with Crippen molar-refractivity contribution in [3.05, 3.63) is 69.5 Å². The Morgan fingerprint density at radius 1 is 1.11 bits per heavy atom. The number of carbonyl (C=O) groups is 2. The number of hydrogen-bond acceptors (Lipinski definition) is 5. The van der Waals surface area contributed by atoms with Crippen molar-refractivity contribution in [2.75, 3.05) is 0 Å². The van der Waals surface area contributed by atoms with Gasteiger partial charge in [0, 0.05) is 36.0 Å². The molecule has 1 aliphatic rings. The Kier molecular flexibility index (Phi) is 6.79. The first-order valence-electron chi connectivity index (χ1n) is 12.3. The summed E-state index contributed by atoms with van der Waals surface area (Å²) in [7, 11) is 0. The van der Waals surface area contributed by atoms with Crippen molar-refractivity contribution >= 4 is 33.9 Å². The van der Waals surface area contributed by atoms with Crippen LogP contribution in [0.1, 0.15) is 76.4 Å². The van der Waals surface area contributed by atoms with Gasteiger partial charge in [-0.15, -0.1) is 11.3 Å². The van der Waals surface area contributed by atoms with E-state index in [9.17, 15) is 14.0 Å². The second-order valence-corrected chi connectivity index (χ2v) is 10.7. The van der Waals surface area contributed by atoms with E-state index in [1.807, 2.05) is 23.6 Å². The molecule has 4 aromatic rings. The van der Waals surface area contributed by atoms with Gasteiger partial charge in [0.2, 0.25) is 0 Å². The SMILES string of the molecule is CCC(=O)c1cc2nc(-c3ncccc3F)n([C@H]3CCC[C@@H](CC(=O)c4ccc(C)s4)C3)c2cc1F. The van der Waals surface area contributed by atoms with E-state index in [0.29, 0.717) is 29.7 Å². The molecule has 3 heterocycles. The lowest BCUT2D eigenvalue weighted by atomic mass is 9.82. The van der Waals surface area contributed by atoms with Crippen molar-refractivity contribution in [2.45, 2.75) is 58.4 Å². The Hall–Kier alpha value is -3.26. The lowest BCUT2D eigenvalue weighted by Crippen LogP contribution is -2.22. The maximum Gasteiger partial charge on any atom is 0.173 e. The van der Waals surface area contributed by atoms with Crippen LogP contribution in [0.2, 0.25) is 0 Å². The van der Waals surface area contributed by atoms with Gasteiger partial charge < -0.3 is 4.57 Å². The van der Waals surface area contributed by atoms with Gasteiger partial charge in [0.1, 0.15) is 11.5 Å². The fourth-order valence-electron chi connectivity index (χ4n) is 5.24. The van der Waals surface area contributed by atoms with Crippen molar-refractivity contribution in [3.8, 4) is 11.5 Å². The number of aryl methyl sites for hydroxylation is 1. The number of ketones is 2. The number of carbonyl (C=O) groups excluding carboxylic acids is 2. The summed E-state index contributed by atoms with van der Waals surface area (Å²) in [6.07, 6.45) is 5.43. The number of imidazole rings is 1. The van der Waals surface area contributed by atoms with Gasteiger partial charge in [-0.1, -0.05) is 13.3 Å². The van der Waals surface area contributed by atoms with Gasteiger partial charge in [0.25, 0.3) is 0 Å². The molecule has 1 aliphatic carbocycles. The molecule has 0 N–H and O–H groups in total. The summed E-state index contributed by atoms with van der Waals surface area (Å²) in [6.45, 7) is 3.67. The number of hydrogen-bond donors (Lipinski definition) is 0. The normalized spacial score (nSPS) is 18.0. The average molecular weight is 508 g/mol. The van der Waals surface area contributed by atoms with Crippen LogP contribution in [-0.4, -0.2) is 26.1 Å². The van der Waals surface area contributed by atoms with Crippen LogP contribution in [0.5, 0.6) is 0 Å². The number of halogens is 2. The van der Waals surface area contributed by atoms with Crippen molar-refractivity contribution < 1.29 is 18.4 Å². The number of benzene rings is 1. The summed E-state index contributed by atoms with van der Waals surface area (Å²) in [5, 5.41) is 0. The lowest BCUT2D eigenvalue weighted by Gasteiger charge is -2.31. The van der Waals surface area contributed by atoms with Crippen LogP contribution in [0.4, 0.5) is 8.78 Å². The van der Waals surface area contributed by atoms with Gasteiger partial charge >= 0.3 is 0 Å². The van der Waals surface area contributed by atoms with Gasteiger partial charge in [0.15, 0.2) is 23.2 Å². The lowest BCUT2D eigenvalue weighted by molar-refractivity contribution is 0.0944. The van der Waals surface area contributed by atoms with E-state index in [2.05, 4.69) is 9.97 Å². The smallest absolute Gasteiger partial charge is 0.173 e. The average Bonchev–Trinajstić information content (AvgIpc) is 3.47. The molecular formula is C28H27F2N3O2S. The van der Waals surface area contributed by atoms with E-state index >= 15 is 4.39 Å². The topological polar surface area (TPSA) is 64.8 Å². The van der Waals surface area contributed by atoms with E-state index in [-0.39, 0.29) is 41.2 Å². The highest BCUT2D eigenvalue weighted by Crippen LogP contribution is 2.40. The van der Waals surface area contributed by atoms with Crippen molar-refractivity contribution in [1.29, 1.82) is 0 Å². The Bertz CT molecular complexity index is 1460. The maximum atomic E-state index is 15.0. The third-order valence-corrected chi connectivity index (χ3v) is 8.02. The summed E-state index contributed by atoms with van der Waals surface area (Å²) < 4.78 is 31.8. The molecule has 0 amide bonds. The quantitative estimate of drug-likeness (QED) is 0.245. The van der Waals surface area contributed by atoms with Gasteiger partial charge in [-0.25, -0.2) is 18.7 Å². The summed E-state index contributed by atoms with van der Waals surface area (Å²) in [4.78, 5) is 35.9. The zero-order valence-electron chi connectivity index (χ0n) is 20.3. The van der Waals surface area contributed by atoms with Crippen molar-refractivity contribution in [3.63, 3.8) is 0 Å². The molecule has 3 aromatic heterocycles. The Morgan fingerprint density at radius 2 is 1.94 bits per heavy atom. The van der Waals surface area contributed by atoms with Crippen LogP contribution in [0, 0.1) is 24.5 Å². The molecule has 1 aromatic carbocycles. The number of nitrogens with zero attached hydrogens (tertiary/aromatic N) is 3. The highest BCUT2D eigenvalue weighted by Gasteiger charge is 2.30. The molecule has 1 saturated carbocycles. The van der Waals surface area contributed by atoms with E-state index in [4.69, 9.17) is 0 Å². The summed E-state index contributed by atoms with van der Waals surface area (Å²) in [6, 6.07) is 9.36. The Morgan fingerprint density at radius 3 is 2.67 bits per heavy atom. The summed E-state index contributed by atoms with van der Waals surface area (Å²) >= 11 is 1.51. The van der Waals surface area contributed by atoms with Crippen LogP contribution in [0.3, 0.4) is 0 Å². The monoisotopic (exact) mass is 507 g/mol. The van der Waals surface area contributed by atoms with Gasteiger partial charge in [0.05, 0.1) is 21.5 Å². The van der Waals surface area contributed by atoms with Crippen LogP contribution in [-0.2, 0) is 0 Å². The third-order valence-electron chi connectivity index (χ3n) is 6.98. The van der Waals surface area contributed by atoms with E-state index in [1.165, 1.54) is 41.8 Å². The van der Waals surface area contributed by atoms with Gasteiger partial charge in [-0.05, 0) is 62.4 Å². The van der Waals surface area contributed by atoms with E-state index in [1.54, 1.807) is 6.92 Å². The summed E-state index contributed by atoms with van der Waals surface area (Å²) in [5.41, 5.74) is 1.01. The largest absolute Gasteiger partial charge is 0.319 e. The predicted octanol–water partition coefficient (Wildman–Crippen LogP) is 7.34. The molecule has 0 unspecified atom stereocenters. The molecule has 5 nitrogen and oxygen atoms in total. The second kappa shape index (κ2) is 10.0. The molecule has 2 atom stereocenters. The number of aromatic nitrogens is 3. The highest BCUT2D eigenvalue weighted by molar-refractivity contribution is 7.14. The number of pyridine rings is 1. The molecule has 0 bridgehead atoms. The first-order chi connectivity index (χ1) is 17.4. The minimum atomic E-state index is -0.612. The molecule has 0 radical (unpaired) electrons. The predicted molar refractivity (Wildman–Crippen MR) is 136 cm³/mol. The summed E-state index contributed by atoms with van der Waals surface area (Å²) in [5.74, 6) is -0.833. The Balaban J connectivity index is 1.55. The zero-order chi connectivity index (χ0) is 25.4. The van der Waals surface area contributed by atoms with Crippen LogP contribution >= 0.6 is 11.3 Å². The second-order valence-electron chi connectivity index (χ2n) is 9.46. The molecular weight excluding hydrogens is 480 g/mol. The van der Waals surface area contributed by atoms with Crippen molar-refractivity contribution in [1.82, 2.24) is 14.5 Å². The third kappa shape index (κ3) is 4.62. The molecule has 36 heavy (non-hydrogen) atoms. The zero-order valence-corrected chi connectivity index (χ0v) is 21.1. The fraction of sp³-hybridized carbons (Fsp3) is 0.357. The van der Waals surface area contributed by atoms with Crippen LogP contribution < -0.4 is 0 Å². The molecule has 8 heteroatoms. The number of Topliss-reactive ketones (excluding diaryl/α,β-unsaturated/α-hetero) is 2. The molecule has 186 valence electrons. The van der Waals surface area contributed by atoms with Crippen molar-refractivity contribution in [2.24, 2.45) is 5.92 Å². The first-order valence-corrected chi connectivity index (χ1v) is 13.1. The number of fused-ring (bicyclic) bond motifs is 1. The number of thiophene rings is 1. The fourth-order valence-corrected chi connectivity index (χ4v) is 6.05. The number of rotatable bonds is 7. The molecule has 0 saturated heterocycles. The maximum absolute atomic E-state index is 15.0. The van der Waals surface area contributed by atoms with Crippen LogP contribution in [0.15, 0.2) is 42.6 Å². The van der Waals surface area contributed by atoms with E-state index in [0.717, 1.165) is 29.0 Å². The first kappa shape index (κ1) is 24.4. The molecule has 5 rings (SSSR count). The minimum Gasteiger partial charge on any atom is -0.319 e. The van der Waals surface area contributed by atoms with Crippen LogP contribution in [0.25, 0.3) is 22.6 Å². The highest BCUT2D eigenvalue weighted by atomic mass is 32.1. The van der Waals surface area contributed by atoms with Gasteiger partial charge in [-0.2, -0.15) is 0 Å². The van der Waals surface area contributed by atoms with Gasteiger partial charge in [-0.3, -0.25) is 9.59 Å². The Labute approximate surface area is 212 Å². The molecule has 0 aliphatic heterocycles. The standard InChI is InChI=1S/C28H27F2N3O2S/c1-3-24(34)19-14-22-23(15-21(19)30)33(28(32-22)27-20(29)8-5-11-31-27)18-7-4-6-17(12-18)13-25(35)26-10-9-16(2)36-26/h5,8-11,14-15,17-18H,3-4,6-7,12-13H2,1-2H3/t17-,18+/m1/s1. The minimum absolute atomic E-state index is 0.0129.